The lowest BCUT2D eigenvalue weighted by atomic mass is 10.2. The summed E-state index contributed by atoms with van der Waals surface area (Å²) in [7, 11) is 0. The van der Waals surface area contributed by atoms with Crippen LogP contribution in [0, 0.1) is 3.70 Å². The summed E-state index contributed by atoms with van der Waals surface area (Å²) < 4.78 is 1.12. The SMILES string of the molecule is Ic1cc2c(cn1)CCC2. The quantitative estimate of drug-likeness (QED) is 0.504. The highest BCUT2D eigenvalue weighted by atomic mass is 127. The van der Waals surface area contributed by atoms with E-state index in [1.54, 1.807) is 0 Å². The highest BCUT2D eigenvalue weighted by molar-refractivity contribution is 14.1. The molecular weight excluding hydrogens is 237 g/mol. The van der Waals surface area contributed by atoms with Crippen molar-refractivity contribution in [3.8, 4) is 0 Å². The van der Waals surface area contributed by atoms with E-state index in [9.17, 15) is 0 Å². The molecule has 0 unspecified atom stereocenters. The van der Waals surface area contributed by atoms with E-state index in [-0.39, 0.29) is 0 Å². The Bertz CT molecular complexity index is 257. The van der Waals surface area contributed by atoms with Gasteiger partial charge < -0.3 is 0 Å². The Morgan fingerprint density at radius 2 is 2.10 bits per heavy atom. The smallest absolute Gasteiger partial charge is 0.101 e. The van der Waals surface area contributed by atoms with Crippen molar-refractivity contribution in [2.75, 3.05) is 0 Å². The van der Waals surface area contributed by atoms with Gasteiger partial charge in [0.1, 0.15) is 3.70 Å². The summed E-state index contributed by atoms with van der Waals surface area (Å²) in [5, 5.41) is 0. The first kappa shape index (κ1) is 6.58. The lowest BCUT2D eigenvalue weighted by molar-refractivity contribution is 0.911. The third-order valence-electron chi connectivity index (χ3n) is 1.94. The molecule has 1 aromatic heterocycles. The number of rotatable bonds is 0. The Morgan fingerprint density at radius 1 is 1.30 bits per heavy atom. The second kappa shape index (κ2) is 2.49. The number of aromatic nitrogens is 1. The molecule has 1 aliphatic carbocycles. The van der Waals surface area contributed by atoms with E-state index in [2.05, 4.69) is 33.6 Å². The average Bonchev–Trinajstić information content (AvgIpc) is 2.33. The highest BCUT2D eigenvalue weighted by Crippen LogP contribution is 2.21. The van der Waals surface area contributed by atoms with Crippen LogP contribution >= 0.6 is 22.6 Å². The molecule has 1 aromatic rings. The molecule has 0 fully saturated rings. The van der Waals surface area contributed by atoms with E-state index >= 15 is 0 Å². The summed E-state index contributed by atoms with van der Waals surface area (Å²) in [6, 6.07) is 2.20. The van der Waals surface area contributed by atoms with Crippen molar-refractivity contribution in [2.24, 2.45) is 0 Å². The minimum atomic E-state index is 1.12. The van der Waals surface area contributed by atoms with E-state index in [1.807, 2.05) is 6.20 Å². The van der Waals surface area contributed by atoms with Crippen LogP contribution in [-0.4, -0.2) is 4.98 Å². The van der Waals surface area contributed by atoms with Gasteiger partial charge in [-0.3, -0.25) is 4.98 Å². The first-order chi connectivity index (χ1) is 4.86. The summed E-state index contributed by atoms with van der Waals surface area (Å²) in [4.78, 5) is 4.24. The van der Waals surface area contributed by atoms with Crippen LogP contribution < -0.4 is 0 Å². The Kier molecular flexibility index (Phi) is 1.64. The molecule has 0 bridgehead atoms. The van der Waals surface area contributed by atoms with E-state index in [1.165, 1.54) is 30.4 Å². The Morgan fingerprint density at radius 3 is 3.00 bits per heavy atom. The minimum Gasteiger partial charge on any atom is -0.250 e. The second-order valence-electron chi connectivity index (χ2n) is 2.63. The fraction of sp³-hybridized carbons (Fsp3) is 0.375. The average molecular weight is 245 g/mol. The molecular formula is C8H8IN. The number of hydrogen-bond acceptors (Lipinski definition) is 1. The number of halogens is 1. The fourth-order valence-electron chi connectivity index (χ4n) is 1.42. The van der Waals surface area contributed by atoms with Crippen LogP contribution in [0.3, 0.4) is 0 Å². The first-order valence-corrected chi connectivity index (χ1v) is 4.57. The first-order valence-electron chi connectivity index (χ1n) is 3.49. The maximum atomic E-state index is 4.24. The van der Waals surface area contributed by atoms with Gasteiger partial charge in [-0.05, 0) is 59.0 Å². The molecule has 0 spiro atoms. The van der Waals surface area contributed by atoms with Crippen molar-refractivity contribution in [1.82, 2.24) is 4.98 Å². The van der Waals surface area contributed by atoms with Crippen LogP contribution in [0.25, 0.3) is 0 Å². The molecule has 0 saturated heterocycles. The van der Waals surface area contributed by atoms with Crippen molar-refractivity contribution in [3.63, 3.8) is 0 Å². The molecule has 0 atom stereocenters. The molecule has 0 radical (unpaired) electrons. The number of pyridine rings is 1. The van der Waals surface area contributed by atoms with Gasteiger partial charge in [0.25, 0.3) is 0 Å². The molecule has 0 saturated carbocycles. The highest BCUT2D eigenvalue weighted by Gasteiger charge is 2.10. The molecule has 52 valence electrons. The minimum absolute atomic E-state index is 1.12. The van der Waals surface area contributed by atoms with E-state index in [4.69, 9.17) is 0 Å². The van der Waals surface area contributed by atoms with Gasteiger partial charge in [-0.25, -0.2) is 0 Å². The molecule has 2 heteroatoms. The van der Waals surface area contributed by atoms with Crippen LogP contribution in [0.1, 0.15) is 17.5 Å². The van der Waals surface area contributed by atoms with Crippen LogP contribution in [0.2, 0.25) is 0 Å². The molecule has 2 rings (SSSR count). The largest absolute Gasteiger partial charge is 0.250 e. The van der Waals surface area contributed by atoms with Gasteiger partial charge in [-0.15, -0.1) is 0 Å². The Hall–Kier alpha value is -0.120. The zero-order valence-corrected chi connectivity index (χ0v) is 7.76. The zero-order chi connectivity index (χ0) is 6.97. The molecule has 0 amide bonds. The zero-order valence-electron chi connectivity index (χ0n) is 5.60. The van der Waals surface area contributed by atoms with E-state index in [0.717, 1.165) is 3.70 Å². The normalized spacial score (nSPS) is 15.3. The maximum absolute atomic E-state index is 4.24. The van der Waals surface area contributed by atoms with Gasteiger partial charge in [-0.1, -0.05) is 0 Å². The van der Waals surface area contributed by atoms with Crippen molar-refractivity contribution in [2.45, 2.75) is 19.3 Å². The van der Waals surface area contributed by atoms with Crippen molar-refractivity contribution < 1.29 is 0 Å². The van der Waals surface area contributed by atoms with E-state index in [0.29, 0.717) is 0 Å². The summed E-state index contributed by atoms with van der Waals surface area (Å²) in [6.45, 7) is 0. The lowest BCUT2D eigenvalue weighted by Crippen LogP contribution is -1.86. The number of nitrogens with zero attached hydrogens (tertiary/aromatic N) is 1. The van der Waals surface area contributed by atoms with Crippen LogP contribution in [0.4, 0.5) is 0 Å². The molecule has 10 heavy (non-hydrogen) atoms. The monoisotopic (exact) mass is 245 g/mol. The summed E-state index contributed by atoms with van der Waals surface area (Å²) in [5.41, 5.74) is 2.97. The van der Waals surface area contributed by atoms with Gasteiger partial charge in [-0.2, -0.15) is 0 Å². The fourth-order valence-corrected chi connectivity index (χ4v) is 1.94. The standard InChI is InChI=1S/C8H8IN/c9-8-4-6-2-1-3-7(6)5-10-8/h4-5H,1-3H2. The van der Waals surface area contributed by atoms with Gasteiger partial charge in [0.15, 0.2) is 0 Å². The molecule has 1 heterocycles. The van der Waals surface area contributed by atoms with Crippen LogP contribution in [-0.2, 0) is 12.8 Å². The molecule has 0 aliphatic heterocycles. The number of fused-ring (bicyclic) bond motifs is 1. The Balaban J connectivity index is 2.52. The third-order valence-corrected chi connectivity index (χ3v) is 2.53. The lowest BCUT2D eigenvalue weighted by Gasteiger charge is -1.96. The summed E-state index contributed by atoms with van der Waals surface area (Å²) >= 11 is 2.26. The van der Waals surface area contributed by atoms with Crippen molar-refractivity contribution in [3.05, 3.63) is 27.1 Å². The third kappa shape index (κ3) is 1.05. The van der Waals surface area contributed by atoms with Gasteiger partial charge >= 0.3 is 0 Å². The van der Waals surface area contributed by atoms with Crippen LogP contribution in [0.5, 0.6) is 0 Å². The molecule has 1 aliphatic rings. The van der Waals surface area contributed by atoms with Gasteiger partial charge in [0, 0.05) is 6.20 Å². The number of hydrogen-bond donors (Lipinski definition) is 0. The second-order valence-corrected chi connectivity index (χ2v) is 3.73. The van der Waals surface area contributed by atoms with Gasteiger partial charge in [0.05, 0.1) is 0 Å². The predicted molar refractivity (Wildman–Crippen MR) is 49.0 cm³/mol. The van der Waals surface area contributed by atoms with Crippen molar-refractivity contribution >= 4 is 22.6 Å². The predicted octanol–water partition coefficient (Wildman–Crippen LogP) is 2.17. The molecule has 0 aromatic carbocycles. The molecule has 0 N–H and O–H groups in total. The topological polar surface area (TPSA) is 12.9 Å². The summed E-state index contributed by atoms with van der Waals surface area (Å²) in [6.07, 6.45) is 5.83. The van der Waals surface area contributed by atoms with Crippen molar-refractivity contribution in [1.29, 1.82) is 0 Å². The van der Waals surface area contributed by atoms with Crippen LogP contribution in [0.15, 0.2) is 12.3 Å². The molecule has 1 nitrogen and oxygen atoms in total. The van der Waals surface area contributed by atoms with E-state index < -0.39 is 0 Å². The maximum Gasteiger partial charge on any atom is 0.101 e. The van der Waals surface area contributed by atoms with Gasteiger partial charge in [0.2, 0.25) is 0 Å². The Labute approximate surface area is 74.0 Å². The summed E-state index contributed by atoms with van der Waals surface area (Å²) in [5.74, 6) is 0. The number of aryl methyl sites for hydroxylation is 2.